The molecule has 0 aliphatic heterocycles. The summed E-state index contributed by atoms with van der Waals surface area (Å²) in [7, 11) is 8.53. The number of halogens is 1. The van der Waals surface area contributed by atoms with Crippen molar-refractivity contribution < 1.29 is 34.2 Å². The van der Waals surface area contributed by atoms with E-state index in [-0.39, 0.29) is 0 Å². The first-order chi connectivity index (χ1) is 13.2. The summed E-state index contributed by atoms with van der Waals surface area (Å²) in [5.74, 6) is 2.61. The molecule has 3 nitrogen and oxygen atoms in total. The molecule has 0 aliphatic carbocycles. The number of benzene rings is 3. The van der Waals surface area contributed by atoms with Gasteiger partial charge in [0.2, 0.25) is 0 Å². The van der Waals surface area contributed by atoms with Gasteiger partial charge in [0.1, 0.15) is 33.2 Å². The van der Waals surface area contributed by atoms with Crippen molar-refractivity contribution in [2.24, 2.45) is 0 Å². The van der Waals surface area contributed by atoms with Gasteiger partial charge in [-0.15, -0.1) is 0 Å². The minimum atomic E-state index is -1.12. The van der Waals surface area contributed by atoms with E-state index in [0.717, 1.165) is 17.2 Å². The Morgan fingerprint density at radius 3 is 0.926 bits per heavy atom. The molecule has 3 rings (SSSR count). The number of ether oxygens (including phenoxy) is 3. The quantitative estimate of drug-likeness (QED) is 0.325. The average molecular weight is 586 g/mol. The summed E-state index contributed by atoms with van der Waals surface area (Å²) < 4.78 is 15.9. The molecule has 0 N–H and O–H groups in total. The number of methoxy groups -OCH3 is 3. The maximum atomic E-state index is 5.30. The van der Waals surface area contributed by atoms with Crippen LogP contribution in [0.15, 0.2) is 72.8 Å². The summed E-state index contributed by atoms with van der Waals surface area (Å²) in [5.41, 5.74) is 0. The normalized spacial score (nSPS) is 10.0. The van der Waals surface area contributed by atoms with Crippen molar-refractivity contribution in [3.05, 3.63) is 72.8 Å². The van der Waals surface area contributed by atoms with Crippen LogP contribution in [0.2, 0.25) is 0 Å². The molecule has 0 aromatic heterocycles. The minimum absolute atomic E-state index is 0.870. The topological polar surface area (TPSA) is 27.7 Å². The maximum absolute atomic E-state index is 5.30. The first kappa shape index (κ1) is 21.8. The molecule has 0 amide bonds. The zero-order chi connectivity index (χ0) is 19.6. The van der Waals surface area contributed by atoms with E-state index in [1.807, 2.05) is 36.4 Å². The van der Waals surface area contributed by atoms with Gasteiger partial charge in [-0.05, 0) is 72.8 Å². The first-order valence-corrected chi connectivity index (χ1v) is 12.3. The molecule has 6 heteroatoms. The van der Waals surface area contributed by atoms with E-state index < -0.39 is 7.92 Å². The Hall–Kier alpha value is -1.48. The second kappa shape index (κ2) is 11.4. The molecule has 0 atom stereocenters. The van der Waals surface area contributed by atoms with E-state index in [9.17, 15) is 0 Å². The zero-order valence-corrected chi connectivity index (χ0v) is 19.3. The Kier molecular flexibility index (Phi) is 9.20. The summed E-state index contributed by atoms with van der Waals surface area (Å²) in [5, 5.41) is 3.92. The molecule has 3 aromatic rings. The van der Waals surface area contributed by atoms with Gasteiger partial charge in [-0.25, -0.2) is 0 Å². The molecule has 0 fully saturated rings. The molecule has 3 aromatic carbocycles. The van der Waals surface area contributed by atoms with Gasteiger partial charge < -0.3 is 14.2 Å². The fraction of sp³-hybridized carbons (Fsp3) is 0.143. The number of hydrogen-bond donors (Lipinski definition) is 0. The van der Waals surface area contributed by atoms with Crippen LogP contribution < -0.4 is 30.1 Å². The molecule has 0 aliphatic rings. The second-order valence-corrected chi connectivity index (χ2v) is 8.04. The SMILES string of the molecule is COc1ccc([PH+](c2ccc(OC)cc2)c2ccc(OC)cc2)cc1.[Cl][Au]. The molecule has 0 heterocycles. The second-order valence-electron chi connectivity index (χ2n) is 5.56. The summed E-state index contributed by atoms with van der Waals surface area (Å²) in [4.78, 5) is 0. The molecular weight excluding hydrogens is 564 g/mol. The van der Waals surface area contributed by atoms with Crippen molar-refractivity contribution in [3.63, 3.8) is 0 Å². The molecule has 0 unspecified atom stereocenters. The van der Waals surface area contributed by atoms with Crippen molar-refractivity contribution in [2.45, 2.75) is 0 Å². The van der Waals surface area contributed by atoms with Crippen molar-refractivity contribution in [1.29, 1.82) is 0 Å². The summed E-state index contributed by atoms with van der Waals surface area (Å²) in [6.45, 7) is 0. The first-order valence-electron chi connectivity index (χ1n) is 8.17. The van der Waals surface area contributed by atoms with Gasteiger partial charge in [0.15, 0.2) is 0 Å². The van der Waals surface area contributed by atoms with Gasteiger partial charge in [0, 0.05) is 0 Å². The van der Waals surface area contributed by atoms with Crippen LogP contribution in [0.4, 0.5) is 0 Å². The van der Waals surface area contributed by atoms with Crippen LogP contribution in [-0.2, 0) is 20.0 Å². The van der Waals surface area contributed by atoms with E-state index in [1.165, 1.54) is 15.9 Å². The van der Waals surface area contributed by atoms with Gasteiger partial charge in [0.05, 0.1) is 29.3 Å². The molecule has 146 valence electrons. The molecule has 27 heavy (non-hydrogen) atoms. The third kappa shape index (κ3) is 5.75. The molecular formula is C21H22AuClO3P+. The number of hydrogen-bond acceptors (Lipinski definition) is 3. The molecule has 0 radical (unpaired) electrons. The van der Waals surface area contributed by atoms with E-state index in [2.05, 4.69) is 45.6 Å². The third-order valence-corrected chi connectivity index (χ3v) is 6.87. The van der Waals surface area contributed by atoms with Crippen LogP contribution in [0, 0.1) is 0 Å². The van der Waals surface area contributed by atoms with E-state index >= 15 is 0 Å². The Labute approximate surface area is 178 Å². The predicted octanol–water partition coefficient (Wildman–Crippen LogP) is 3.89. The van der Waals surface area contributed by atoms with Crippen LogP contribution in [0.5, 0.6) is 17.2 Å². The van der Waals surface area contributed by atoms with Crippen LogP contribution >= 0.6 is 17.1 Å². The van der Waals surface area contributed by atoms with Crippen LogP contribution in [0.25, 0.3) is 0 Å². The monoisotopic (exact) mass is 585 g/mol. The van der Waals surface area contributed by atoms with Crippen LogP contribution in [-0.4, -0.2) is 21.3 Å². The van der Waals surface area contributed by atoms with E-state index in [0.29, 0.717) is 0 Å². The zero-order valence-electron chi connectivity index (χ0n) is 15.3. The molecule has 0 saturated carbocycles. The van der Waals surface area contributed by atoms with Crippen molar-refractivity contribution >= 4 is 33.0 Å². The Bertz CT molecular complexity index is 695. The van der Waals surface area contributed by atoms with Crippen molar-refractivity contribution in [2.75, 3.05) is 21.3 Å². The molecule has 0 saturated heterocycles. The predicted molar refractivity (Wildman–Crippen MR) is 112 cm³/mol. The van der Waals surface area contributed by atoms with E-state index in [1.54, 1.807) is 41.3 Å². The summed E-state index contributed by atoms with van der Waals surface area (Å²) >= 11 is 1.75. The Morgan fingerprint density at radius 2 is 0.741 bits per heavy atom. The van der Waals surface area contributed by atoms with Gasteiger partial charge in [-0.1, -0.05) is 0 Å². The van der Waals surface area contributed by atoms with Crippen LogP contribution in [0.1, 0.15) is 0 Å². The fourth-order valence-corrected chi connectivity index (χ4v) is 5.27. The summed E-state index contributed by atoms with van der Waals surface area (Å²) in [6.07, 6.45) is 0. The van der Waals surface area contributed by atoms with E-state index in [4.69, 9.17) is 14.2 Å². The van der Waals surface area contributed by atoms with Crippen LogP contribution in [0.3, 0.4) is 0 Å². The van der Waals surface area contributed by atoms with Crippen molar-refractivity contribution in [3.8, 4) is 17.2 Å². The third-order valence-electron chi connectivity index (χ3n) is 4.14. The fourth-order valence-electron chi connectivity index (χ4n) is 2.77. The number of rotatable bonds is 6. The van der Waals surface area contributed by atoms with Gasteiger partial charge in [-0.2, -0.15) is 0 Å². The van der Waals surface area contributed by atoms with Gasteiger partial charge in [0.25, 0.3) is 0 Å². The average Bonchev–Trinajstić information content (AvgIpc) is 2.77. The molecule has 0 spiro atoms. The summed E-state index contributed by atoms with van der Waals surface area (Å²) in [6, 6.07) is 25.1. The Balaban J connectivity index is 0.00000126. The van der Waals surface area contributed by atoms with Gasteiger partial charge in [-0.3, -0.25) is 0 Å². The van der Waals surface area contributed by atoms with Crippen molar-refractivity contribution in [1.82, 2.24) is 0 Å². The van der Waals surface area contributed by atoms with Gasteiger partial charge >= 0.3 is 29.2 Å². The standard InChI is InChI=1S/C21H21O3P.Au.ClH/c1-22-16-4-10-19(11-5-16)25(20-12-6-17(23-2)7-13-20)21-14-8-18(24-3)9-15-21;;/h4-15H,1-3H3;;1H/q;+1;. The Morgan fingerprint density at radius 1 is 0.519 bits per heavy atom. The molecule has 0 bridgehead atoms.